The molecule has 0 aliphatic rings. The second-order valence-electron chi connectivity index (χ2n) is 7.38. The van der Waals surface area contributed by atoms with Crippen LogP contribution in [0, 0.1) is 0 Å². The van der Waals surface area contributed by atoms with Gasteiger partial charge in [0.25, 0.3) is 5.91 Å². The zero-order valence-electron chi connectivity index (χ0n) is 17.5. The number of phenolic OH excluding ortho intramolecular Hbond substituents is 2. The summed E-state index contributed by atoms with van der Waals surface area (Å²) in [6, 6.07) is 33.4. The number of benzene rings is 4. The van der Waals surface area contributed by atoms with Gasteiger partial charge in [-0.15, -0.1) is 0 Å². The molecule has 0 saturated carbocycles. The Balaban J connectivity index is 1.46. The molecule has 4 nitrogen and oxygen atoms in total. The van der Waals surface area contributed by atoms with Crippen molar-refractivity contribution in [1.29, 1.82) is 0 Å². The minimum absolute atomic E-state index is 0.136. The van der Waals surface area contributed by atoms with E-state index in [4.69, 9.17) is 0 Å². The number of amides is 1. The van der Waals surface area contributed by atoms with Crippen molar-refractivity contribution in [3.05, 3.63) is 114 Å². The van der Waals surface area contributed by atoms with E-state index in [2.05, 4.69) is 53.8 Å². The van der Waals surface area contributed by atoms with E-state index < -0.39 is 7.92 Å². The summed E-state index contributed by atoms with van der Waals surface area (Å²) >= 11 is 0. The third-order valence-electron chi connectivity index (χ3n) is 5.16. The number of hydrogen-bond acceptors (Lipinski definition) is 3. The maximum absolute atomic E-state index is 12.6. The number of rotatable bonds is 7. The van der Waals surface area contributed by atoms with Crippen molar-refractivity contribution in [3.63, 3.8) is 0 Å². The van der Waals surface area contributed by atoms with Crippen molar-refractivity contribution >= 4 is 29.7 Å². The van der Waals surface area contributed by atoms with E-state index in [1.807, 2.05) is 36.4 Å². The van der Waals surface area contributed by atoms with Crippen LogP contribution in [0.1, 0.15) is 15.9 Å². The Labute approximate surface area is 188 Å². The highest BCUT2D eigenvalue weighted by atomic mass is 31.1. The van der Waals surface area contributed by atoms with Crippen LogP contribution in [0.5, 0.6) is 11.5 Å². The van der Waals surface area contributed by atoms with E-state index in [1.54, 1.807) is 6.07 Å². The average Bonchev–Trinajstić information content (AvgIpc) is 2.83. The van der Waals surface area contributed by atoms with E-state index in [-0.39, 0.29) is 17.4 Å². The Hall–Kier alpha value is -3.62. The van der Waals surface area contributed by atoms with Crippen molar-refractivity contribution in [2.75, 3.05) is 6.54 Å². The quantitative estimate of drug-likeness (QED) is 0.302. The number of aromatic hydroxyl groups is 2. The molecule has 0 saturated heterocycles. The molecule has 0 spiro atoms. The highest BCUT2D eigenvalue weighted by molar-refractivity contribution is 7.79. The summed E-state index contributed by atoms with van der Waals surface area (Å²) < 4.78 is 0. The van der Waals surface area contributed by atoms with Crippen molar-refractivity contribution in [3.8, 4) is 11.5 Å². The minimum Gasteiger partial charge on any atom is -0.504 e. The minimum atomic E-state index is -0.701. The molecule has 0 fully saturated rings. The molecule has 0 radical (unpaired) electrons. The van der Waals surface area contributed by atoms with Gasteiger partial charge in [0.2, 0.25) is 0 Å². The first kappa shape index (κ1) is 21.6. The van der Waals surface area contributed by atoms with E-state index in [0.717, 1.165) is 5.56 Å². The lowest BCUT2D eigenvalue weighted by atomic mass is 10.1. The Kier molecular flexibility index (Phi) is 6.84. The summed E-state index contributed by atoms with van der Waals surface area (Å²) in [4.78, 5) is 12.6. The Bertz CT molecular complexity index is 1140. The highest BCUT2D eigenvalue weighted by Gasteiger charge is 2.16. The van der Waals surface area contributed by atoms with Crippen LogP contribution in [0.3, 0.4) is 0 Å². The molecule has 4 aromatic rings. The average molecular weight is 441 g/mol. The molecule has 160 valence electrons. The van der Waals surface area contributed by atoms with Crippen LogP contribution in [0.4, 0.5) is 0 Å². The van der Waals surface area contributed by atoms with E-state index >= 15 is 0 Å². The van der Waals surface area contributed by atoms with Gasteiger partial charge in [-0.2, -0.15) is 0 Å². The second-order valence-corrected chi connectivity index (χ2v) is 9.60. The largest absolute Gasteiger partial charge is 0.504 e. The van der Waals surface area contributed by atoms with Gasteiger partial charge in [-0.05, 0) is 60.1 Å². The molecular formula is C27H24NO3P. The molecule has 0 aliphatic heterocycles. The zero-order chi connectivity index (χ0) is 22.3. The number of carbonyl (C=O) groups excluding carboxylic acids is 1. The van der Waals surface area contributed by atoms with Crippen LogP contribution in [-0.2, 0) is 6.42 Å². The zero-order valence-corrected chi connectivity index (χ0v) is 18.4. The van der Waals surface area contributed by atoms with Crippen LogP contribution in [-0.4, -0.2) is 22.7 Å². The molecule has 0 bridgehead atoms. The van der Waals surface area contributed by atoms with Gasteiger partial charge in [-0.25, -0.2) is 0 Å². The molecule has 3 N–H and O–H groups in total. The van der Waals surface area contributed by atoms with Crippen LogP contribution in [0.2, 0.25) is 0 Å². The molecule has 5 heteroatoms. The predicted octanol–water partition coefficient (Wildman–Crippen LogP) is 3.83. The molecule has 32 heavy (non-hydrogen) atoms. The molecule has 0 atom stereocenters. The maximum Gasteiger partial charge on any atom is 0.251 e. The third-order valence-corrected chi connectivity index (χ3v) is 7.60. The van der Waals surface area contributed by atoms with Gasteiger partial charge in [-0.3, -0.25) is 4.79 Å². The van der Waals surface area contributed by atoms with Gasteiger partial charge in [0, 0.05) is 12.1 Å². The fraction of sp³-hybridized carbons (Fsp3) is 0.0741. The third kappa shape index (κ3) is 5.16. The monoisotopic (exact) mass is 441 g/mol. The van der Waals surface area contributed by atoms with Crippen LogP contribution < -0.4 is 21.2 Å². The molecular weight excluding hydrogens is 417 g/mol. The number of nitrogens with one attached hydrogen (secondary N) is 1. The lowest BCUT2D eigenvalue weighted by molar-refractivity contribution is 0.0954. The summed E-state index contributed by atoms with van der Waals surface area (Å²) in [5, 5.41) is 25.6. The second kappa shape index (κ2) is 10.1. The van der Waals surface area contributed by atoms with Gasteiger partial charge in [-0.1, -0.05) is 78.9 Å². The van der Waals surface area contributed by atoms with Crippen molar-refractivity contribution in [2.45, 2.75) is 6.42 Å². The molecule has 0 unspecified atom stereocenters. The van der Waals surface area contributed by atoms with E-state index in [1.165, 1.54) is 28.0 Å². The SMILES string of the molecule is O=C(NCCc1ccc(O)c(O)c1)c1ccc(P(c2ccccc2)c2ccccc2)cc1. The van der Waals surface area contributed by atoms with Crippen molar-refractivity contribution in [1.82, 2.24) is 5.32 Å². The summed E-state index contributed by atoms with van der Waals surface area (Å²) in [5.41, 5.74) is 1.45. The normalized spacial score (nSPS) is 10.8. The van der Waals surface area contributed by atoms with Crippen LogP contribution >= 0.6 is 7.92 Å². The summed E-state index contributed by atoms with van der Waals surface area (Å²) in [5.74, 6) is -0.440. The van der Waals surface area contributed by atoms with Crippen LogP contribution in [0.25, 0.3) is 0 Å². The fourth-order valence-electron chi connectivity index (χ4n) is 3.51. The molecule has 0 aromatic heterocycles. The number of carbonyl (C=O) groups is 1. The summed E-state index contributed by atoms with van der Waals surface area (Å²) in [6.45, 7) is 0.436. The molecule has 4 aromatic carbocycles. The first-order valence-electron chi connectivity index (χ1n) is 10.4. The van der Waals surface area contributed by atoms with Crippen molar-refractivity contribution in [2.24, 2.45) is 0 Å². The summed E-state index contributed by atoms with van der Waals surface area (Å²) in [7, 11) is -0.701. The molecule has 0 heterocycles. The van der Waals surface area contributed by atoms with E-state index in [0.29, 0.717) is 18.5 Å². The van der Waals surface area contributed by atoms with Gasteiger partial charge in [0.1, 0.15) is 0 Å². The predicted molar refractivity (Wildman–Crippen MR) is 131 cm³/mol. The first-order chi connectivity index (χ1) is 15.6. The van der Waals surface area contributed by atoms with Gasteiger partial charge in [0.05, 0.1) is 0 Å². The number of phenols is 2. The smallest absolute Gasteiger partial charge is 0.251 e. The summed E-state index contributed by atoms with van der Waals surface area (Å²) in [6.07, 6.45) is 0.560. The number of hydrogen-bond donors (Lipinski definition) is 3. The Morgan fingerprint density at radius 3 is 1.81 bits per heavy atom. The highest BCUT2D eigenvalue weighted by Crippen LogP contribution is 2.32. The maximum atomic E-state index is 12.6. The molecule has 4 rings (SSSR count). The van der Waals surface area contributed by atoms with Gasteiger partial charge < -0.3 is 15.5 Å². The van der Waals surface area contributed by atoms with Crippen LogP contribution in [0.15, 0.2) is 103 Å². The standard InChI is InChI=1S/C27H24NO3P/c29-25-16-11-20(19-26(25)30)17-18-28-27(31)21-12-14-24(15-13-21)32(22-7-3-1-4-8-22)23-9-5-2-6-10-23/h1-16,19,29-30H,17-18H2,(H,28,31). The van der Waals surface area contributed by atoms with E-state index in [9.17, 15) is 15.0 Å². The van der Waals surface area contributed by atoms with Crippen molar-refractivity contribution < 1.29 is 15.0 Å². The topological polar surface area (TPSA) is 69.6 Å². The Morgan fingerprint density at radius 1 is 0.688 bits per heavy atom. The molecule has 1 amide bonds. The lowest BCUT2D eigenvalue weighted by Gasteiger charge is -2.19. The first-order valence-corrected chi connectivity index (χ1v) is 11.8. The van der Waals surface area contributed by atoms with Gasteiger partial charge >= 0.3 is 0 Å². The fourth-order valence-corrected chi connectivity index (χ4v) is 5.79. The Morgan fingerprint density at radius 2 is 1.25 bits per heavy atom. The molecule has 0 aliphatic carbocycles. The van der Waals surface area contributed by atoms with Gasteiger partial charge in [0.15, 0.2) is 11.5 Å². The lowest BCUT2D eigenvalue weighted by Crippen LogP contribution is -2.26.